The first kappa shape index (κ1) is 18.6. The molecule has 4 rings (SSSR count). The van der Waals surface area contributed by atoms with Gasteiger partial charge in [-0.25, -0.2) is 13.4 Å². The molecule has 28 heavy (non-hydrogen) atoms. The van der Waals surface area contributed by atoms with Crippen LogP contribution < -0.4 is 5.32 Å². The molecule has 0 unspecified atom stereocenters. The summed E-state index contributed by atoms with van der Waals surface area (Å²) in [5, 5.41) is 2.71. The summed E-state index contributed by atoms with van der Waals surface area (Å²) in [6.07, 6.45) is 1.92. The fourth-order valence-electron chi connectivity index (χ4n) is 3.48. The zero-order chi connectivity index (χ0) is 19.7. The van der Waals surface area contributed by atoms with Gasteiger partial charge in [-0.1, -0.05) is 19.1 Å². The van der Waals surface area contributed by atoms with Gasteiger partial charge >= 0.3 is 0 Å². The third kappa shape index (κ3) is 3.65. The Balaban J connectivity index is 1.50. The minimum Gasteiger partial charge on any atom is -0.324 e. The molecule has 1 aromatic heterocycles. The normalized spacial score (nSPS) is 18.2. The lowest BCUT2D eigenvalue weighted by Crippen LogP contribution is -2.39. The van der Waals surface area contributed by atoms with E-state index in [-0.39, 0.29) is 10.8 Å². The molecule has 8 heteroatoms. The summed E-state index contributed by atoms with van der Waals surface area (Å²) in [5.74, 6) is 0.359. The molecule has 2 N–H and O–H groups in total. The number of H-pyrrole nitrogens is 1. The molecule has 2 aromatic carbocycles. The minimum absolute atomic E-state index is 0.210. The lowest BCUT2D eigenvalue weighted by Gasteiger charge is -2.30. The van der Waals surface area contributed by atoms with Crippen LogP contribution >= 0.6 is 0 Å². The lowest BCUT2D eigenvalue weighted by atomic mass is 10.0. The Morgan fingerprint density at radius 2 is 1.93 bits per heavy atom. The third-order valence-corrected chi connectivity index (χ3v) is 6.87. The Morgan fingerprint density at radius 1 is 1.18 bits per heavy atom. The average molecular weight is 398 g/mol. The van der Waals surface area contributed by atoms with Gasteiger partial charge in [-0.2, -0.15) is 4.31 Å². The molecule has 1 aliphatic rings. The molecule has 1 fully saturated rings. The van der Waals surface area contributed by atoms with Crippen LogP contribution in [0.1, 0.15) is 30.1 Å². The van der Waals surface area contributed by atoms with Gasteiger partial charge in [0.1, 0.15) is 0 Å². The summed E-state index contributed by atoms with van der Waals surface area (Å²) in [7, 11) is -3.53. The first-order chi connectivity index (χ1) is 13.4. The smallest absolute Gasteiger partial charge is 0.257 e. The van der Waals surface area contributed by atoms with E-state index in [4.69, 9.17) is 0 Å². The van der Waals surface area contributed by atoms with Crippen molar-refractivity contribution in [2.24, 2.45) is 5.92 Å². The second kappa shape index (κ2) is 7.37. The fourth-order valence-corrected chi connectivity index (χ4v) is 5.08. The number of para-hydroxylation sites is 2. The summed E-state index contributed by atoms with van der Waals surface area (Å²) >= 11 is 0. The van der Waals surface area contributed by atoms with Crippen molar-refractivity contribution >= 4 is 32.9 Å². The van der Waals surface area contributed by atoms with Gasteiger partial charge in [0.05, 0.1) is 15.9 Å². The number of fused-ring (bicyclic) bond motifs is 1. The van der Waals surface area contributed by atoms with Crippen LogP contribution in [-0.4, -0.2) is 41.7 Å². The Kier molecular flexibility index (Phi) is 4.91. The molecule has 2 heterocycles. The molecule has 1 amide bonds. The van der Waals surface area contributed by atoms with Crippen LogP contribution in [0.4, 0.5) is 5.95 Å². The Bertz CT molecular complexity index is 1070. The predicted octanol–water partition coefficient (Wildman–Crippen LogP) is 3.24. The first-order valence-electron chi connectivity index (χ1n) is 9.30. The van der Waals surface area contributed by atoms with Gasteiger partial charge in [-0.3, -0.25) is 10.1 Å². The van der Waals surface area contributed by atoms with Crippen molar-refractivity contribution in [3.8, 4) is 0 Å². The van der Waals surface area contributed by atoms with Crippen molar-refractivity contribution in [1.29, 1.82) is 0 Å². The van der Waals surface area contributed by atoms with Crippen LogP contribution in [0.3, 0.4) is 0 Å². The molecule has 0 spiro atoms. The topological polar surface area (TPSA) is 95.2 Å². The number of aromatic amines is 1. The highest BCUT2D eigenvalue weighted by atomic mass is 32.2. The number of amides is 1. The van der Waals surface area contributed by atoms with Crippen LogP contribution in [0.15, 0.2) is 53.4 Å². The second-order valence-electron chi connectivity index (χ2n) is 7.19. The first-order valence-corrected chi connectivity index (χ1v) is 10.7. The second-order valence-corrected chi connectivity index (χ2v) is 9.13. The average Bonchev–Trinajstić information content (AvgIpc) is 3.10. The molecule has 1 saturated heterocycles. The molecule has 3 aromatic rings. The highest BCUT2D eigenvalue weighted by Crippen LogP contribution is 2.24. The number of sulfonamides is 1. The van der Waals surface area contributed by atoms with E-state index in [0.717, 1.165) is 23.9 Å². The number of hydrogen-bond donors (Lipinski definition) is 2. The van der Waals surface area contributed by atoms with Crippen molar-refractivity contribution < 1.29 is 13.2 Å². The Hall–Kier alpha value is -2.71. The number of nitrogens with zero attached hydrogens (tertiary/aromatic N) is 2. The van der Waals surface area contributed by atoms with Crippen molar-refractivity contribution in [1.82, 2.24) is 14.3 Å². The van der Waals surface area contributed by atoms with E-state index < -0.39 is 10.0 Å². The summed E-state index contributed by atoms with van der Waals surface area (Å²) in [6.45, 7) is 3.14. The maximum absolute atomic E-state index is 12.8. The fraction of sp³-hybridized carbons (Fsp3) is 0.300. The summed E-state index contributed by atoms with van der Waals surface area (Å²) < 4.78 is 27.2. The van der Waals surface area contributed by atoms with E-state index in [9.17, 15) is 13.2 Å². The maximum Gasteiger partial charge on any atom is 0.257 e. The highest BCUT2D eigenvalue weighted by molar-refractivity contribution is 7.89. The van der Waals surface area contributed by atoms with Gasteiger partial charge in [0, 0.05) is 18.7 Å². The Labute approximate surface area is 163 Å². The number of rotatable bonds is 4. The summed E-state index contributed by atoms with van der Waals surface area (Å²) in [4.78, 5) is 20.0. The molecular weight excluding hydrogens is 376 g/mol. The largest absolute Gasteiger partial charge is 0.324 e. The summed E-state index contributed by atoms with van der Waals surface area (Å²) in [6, 6.07) is 13.5. The lowest BCUT2D eigenvalue weighted by molar-refractivity contribution is 0.102. The maximum atomic E-state index is 12.8. The molecule has 0 radical (unpaired) electrons. The zero-order valence-corrected chi connectivity index (χ0v) is 16.4. The van der Waals surface area contributed by atoms with Crippen molar-refractivity contribution in [3.63, 3.8) is 0 Å². The highest BCUT2D eigenvalue weighted by Gasteiger charge is 2.28. The molecule has 0 bridgehead atoms. The van der Waals surface area contributed by atoms with Crippen LogP contribution in [-0.2, 0) is 10.0 Å². The minimum atomic E-state index is -3.53. The molecule has 0 aliphatic carbocycles. The van der Waals surface area contributed by atoms with Gasteiger partial charge < -0.3 is 4.98 Å². The quantitative estimate of drug-likeness (QED) is 0.705. The summed E-state index contributed by atoms with van der Waals surface area (Å²) in [5.41, 5.74) is 1.96. The Morgan fingerprint density at radius 3 is 2.64 bits per heavy atom. The van der Waals surface area contributed by atoms with Gasteiger partial charge in [0.25, 0.3) is 5.91 Å². The van der Waals surface area contributed by atoms with Crippen LogP contribution in [0.2, 0.25) is 0 Å². The van der Waals surface area contributed by atoms with E-state index in [1.54, 1.807) is 0 Å². The number of carbonyl (C=O) groups excluding carboxylic acids is 1. The van der Waals surface area contributed by atoms with E-state index in [2.05, 4.69) is 22.2 Å². The molecular formula is C20H22N4O3S. The van der Waals surface area contributed by atoms with Crippen molar-refractivity contribution in [3.05, 3.63) is 54.1 Å². The van der Waals surface area contributed by atoms with E-state index in [0.29, 0.717) is 30.5 Å². The molecule has 1 atom stereocenters. The SMILES string of the molecule is C[C@@H]1CCCN(S(=O)(=O)c2ccc(C(=O)Nc3nc4ccccc4[nH]3)cc2)C1. The predicted molar refractivity (Wildman–Crippen MR) is 108 cm³/mol. The molecule has 1 aliphatic heterocycles. The number of imidazole rings is 1. The number of anilines is 1. The molecule has 146 valence electrons. The molecule has 0 saturated carbocycles. The van der Waals surface area contributed by atoms with E-state index >= 15 is 0 Å². The van der Waals surface area contributed by atoms with Gasteiger partial charge in [0.15, 0.2) is 0 Å². The van der Waals surface area contributed by atoms with Crippen molar-refractivity contribution in [2.45, 2.75) is 24.7 Å². The van der Waals surface area contributed by atoms with Gasteiger partial charge in [0.2, 0.25) is 16.0 Å². The van der Waals surface area contributed by atoms with Gasteiger partial charge in [-0.05, 0) is 55.2 Å². The molecule has 7 nitrogen and oxygen atoms in total. The number of nitrogens with one attached hydrogen (secondary N) is 2. The van der Waals surface area contributed by atoms with Crippen LogP contribution in [0, 0.1) is 5.92 Å². The number of piperidine rings is 1. The van der Waals surface area contributed by atoms with Crippen LogP contribution in [0.25, 0.3) is 11.0 Å². The number of carbonyl (C=O) groups is 1. The number of aromatic nitrogens is 2. The van der Waals surface area contributed by atoms with E-state index in [1.807, 2.05) is 24.3 Å². The van der Waals surface area contributed by atoms with Crippen LogP contribution in [0.5, 0.6) is 0 Å². The standard InChI is InChI=1S/C20H22N4O3S/c1-14-5-4-12-24(13-14)28(26,27)16-10-8-15(9-11-16)19(25)23-20-21-17-6-2-3-7-18(17)22-20/h2-3,6-11,14H,4-5,12-13H2,1H3,(H2,21,22,23,25)/t14-/m1/s1. The van der Waals surface area contributed by atoms with Gasteiger partial charge in [-0.15, -0.1) is 0 Å². The number of hydrogen-bond acceptors (Lipinski definition) is 4. The monoisotopic (exact) mass is 398 g/mol. The zero-order valence-electron chi connectivity index (χ0n) is 15.6. The number of benzene rings is 2. The third-order valence-electron chi connectivity index (χ3n) is 5.00. The van der Waals surface area contributed by atoms with Crippen molar-refractivity contribution in [2.75, 3.05) is 18.4 Å². The van der Waals surface area contributed by atoms with E-state index in [1.165, 1.54) is 28.6 Å².